The summed E-state index contributed by atoms with van der Waals surface area (Å²) in [6.45, 7) is 2.14. The summed E-state index contributed by atoms with van der Waals surface area (Å²) in [5.41, 5.74) is 1.98. The molecule has 0 aliphatic carbocycles. The molecule has 0 saturated carbocycles. The van der Waals surface area contributed by atoms with Gasteiger partial charge in [-0.05, 0) is 23.8 Å². The smallest absolute Gasteiger partial charge is 0.245 e. The number of H-pyrrole nitrogens is 1. The minimum absolute atomic E-state index is 0.169. The van der Waals surface area contributed by atoms with Gasteiger partial charge in [0, 0.05) is 37.5 Å². The molecule has 0 fully saturated rings. The Labute approximate surface area is 175 Å². The number of aromatic nitrogens is 1. The maximum atomic E-state index is 13.2. The monoisotopic (exact) mass is 407 g/mol. The second kappa shape index (κ2) is 8.49. The zero-order valence-electron chi connectivity index (χ0n) is 17.1. The number of hydrogen-bond donors (Lipinski definition) is 2. The fourth-order valence-corrected chi connectivity index (χ4v) is 3.78. The molecule has 7 heteroatoms. The molecule has 1 aliphatic heterocycles. The van der Waals surface area contributed by atoms with E-state index in [1.165, 1.54) is 6.92 Å². The maximum absolute atomic E-state index is 13.2. The van der Waals surface area contributed by atoms with Crippen molar-refractivity contribution in [3.8, 4) is 11.5 Å². The normalized spacial score (nSPS) is 16.1. The van der Waals surface area contributed by atoms with Crippen molar-refractivity contribution in [1.82, 2.24) is 15.2 Å². The predicted molar refractivity (Wildman–Crippen MR) is 114 cm³/mol. The van der Waals surface area contributed by atoms with E-state index in [1.807, 2.05) is 54.7 Å². The van der Waals surface area contributed by atoms with E-state index in [-0.39, 0.29) is 17.9 Å². The number of aromatic amines is 1. The third-order valence-electron chi connectivity index (χ3n) is 5.20. The highest BCUT2D eigenvalue weighted by molar-refractivity contribution is 5.89. The highest BCUT2D eigenvalue weighted by atomic mass is 16.6. The summed E-state index contributed by atoms with van der Waals surface area (Å²) in [5, 5.41) is 3.85. The first kappa shape index (κ1) is 19.8. The maximum Gasteiger partial charge on any atom is 0.245 e. The number of amides is 2. The van der Waals surface area contributed by atoms with E-state index < -0.39 is 6.04 Å². The van der Waals surface area contributed by atoms with Gasteiger partial charge in [-0.1, -0.05) is 30.3 Å². The molecule has 1 aromatic heterocycles. The molecule has 1 aliphatic rings. The van der Waals surface area contributed by atoms with Gasteiger partial charge in [-0.3, -0.25) is 9.59 Å². The van der Waals surface area contributed by atoms with Gasteiger partial charge in [0.15, 0.2) is 17.6 Å². The van der Waals surface area contributed by atoms with E-state index in [0.29, 0.717) is 31.1 Å². The van der Waals surface area contributed by atoms with Crippen molar-refractivity contribution in [2.45, 2.75) is 25.5 Å². The average Bonchev–Trinajstić information content (AvgIpc) is 3.15. The summed E-state index contributed by atoms with van der Waals surface area (Å²) in [5.74, 6) is 0.968. The fourth-order valence-electron chi connectivity index (χ4n) is 3.78. The molecule has 7 nitrogen and oxygen atoms in total. The first-order valence-corrected chi connectivity index (χ1v) is 9.97. The first-order valence-electron chi connectivity index (χ1n) is 9.97. The number of benzene rings is 2. The molecular weight excluding hydrogens is 382 g/mol. The number of ether oxygens (including phenoxy) is 2. The van der Waals surface area contributed by atoms with Crippen LogP contribution >= 0.6 is 0 Å². The van der Waals surface area contributed by atoms with Crippen LogP contribution in [0, 0.1) is 0 Å². The molecule has 0 saturated heterocycles. The Bertz CT molecular complexity index is 1060. The highest BCUT2D eigenvalue weighted by Gasteiger charge is 2.28. The van der Waals surface area contributed by atoms with Crippen molar-refractivity contribution >= 4 is 22.7 Å². The van der Waals surface area contributed by atoms with Gasteiger partial charge in [-0.25, -0.2) is 0 Å². The van der Waals surface area contributed by atoms with E-state index in [0.717, 1.165) is 16.5 Å². The third-order valence-corrected chi connectivity index (χ3v) is 5.20. The second-order valence-electron chi connectivity index (χ2n) is 7.53. The molecule has 2 amide bonds. The number of carbonyl (C=O) groups excluding carboxylic acids is 2. The van der Waals surface area contributed by atoms with Crippen molar-refractivity contribution in [3.63, 3.8) is 0 Å². The van der Waals surface area contributed by atoms with E-state index in [2.05, 4.69) is 10.3 Å². The molecule has 156 valence electrons. The van der Waals surface area contributed by atoms with Crippen LogP contribution in [0.5, 0.6) is 11.5 Å². The molecular formula is C23H25N3O4. The lowest BCUT2D eigenvalue weighted by Gasteiger charge is -2.31. The van der Waals surface area contributed by atoms with Crippen molar-refractivity contribution in [3.05, 3.63) is 60.3 Å². The van der Waals surface area contributed by atoms with Gasteiger partial charge >= 0.3 is 0 Å². The Morgan fingerprint density at radius 3 is 2.70 bits per heavy atom. The summed E-state index contributed by atoms with van der Waals surface area (Å²) in [6, 6.07) is 14.7. The molecule has 30 heavy (non-hydrogen) atoms. The highest BCUT2D eigenvalue weighted by Crippen LogP contribution is 2.31. The summed E-state index contributed by atoms with van der Waals surface area (Å²) in [4.78, 5) is 29.7. The zero-order valence-corrected chi connectivity index (χ0v) is 17.1. The Hall–Kier alpha value is -3.48. The minimum atomic E-state index is -0.663. The Morgan fingerprint density at radius 2 is 1.90 bits per heavy atom. The molecule has 4 rings (SSSR count). The quantitative estimate of drug-likeness (QED) is 0.658. The lowest BCUT2D eigenvalue weighted by Crippen LogP contribution is -2.51. The molecule has 0 radical (unpaired) electrons. The van der Waals surface area contributed by atoms with Gasteiger partial charge in [0.25, 0.3) is 0 Å². The largest absolute Gasteiger partial charge is 0.486 e. The molecule has 3 aromatic rings. The van der Waals surface area contributed by atoms with Crippen LogP contribution in [0.3, 0.4) is 0 Å². The van der Waals surface area contributed by atoms with Crippen LogP contribution in [0.2, 0.25) is 0 Å². The standard InChI is InChI=1S/C23H25N3O4/c1-15(27)25-20(11-16-12-24-19-8-4-3-7-18(16)19)23(28)26(2)13-17-14-29-21-9-5-6-10-22(21)30-17/h3-10,12,17,20,24H,11,13-14H2,1-2H3,(H,25,27). The number of likely N-dealkylation sites (N-methyl/N-ethyl adjacent to an activating group) is 1. The fraction of sp³-hybridized carbons (Fsp3) is 0.304. The molecule has 0 spiro atoms. The number of fused-ring (bicyclic) bond motifs is 2. The topological polar surface area (TPSA) is 83.7 Å². The van der Waals surface area contributed by atoms with E-state index in [4.69, 9.17) is 9.47 Å². The number of para-hydroxylation sites is 3. The molecule has 2 heterocycles. The lowest BCUT2D eigenvalue weighted by molar-refractivity contribution is -0.136. The van der Waals surface area contributed by atoms with Gasteiger partial charge in [0.05, 0.1) is 6.54 Å². The number of nitrogens with zero attached hydrogens (tertiary/aromatic N) is 1. The van der Waals surface area contributed by atoms with E-state index in [1.54, 1.807) is 11.9 Å². The molecule has 2 aromatic carbocycles. The summed E-state index contributed by atoms with van der Waals surface area (Å²) in [7, 11) is 1.72. The van der Waals surface area contributed by atoms with Crippen LogP contribution < -0.4 is 14.8 Å². The van der Waals surface area contributed by atoms with Crippen LogP contribution in [0.25, 0.3) is 10.9 Å². The first-order chi connectivity index (χ1) is 14.5. The number of hydrogen-bond acceptors (Lipinski definition) is 4. The van der Waals surface area contributed by atoms with Gasteiger partial charge in [-0.15, -0.1) is 0 Å². The zero-order chi connectivity index (χ0) is 21.1. The van der Waals surface area contributed by atoms with Crippen molar-refractivity contribution in [2.24, 2.45) is 0 Å². The number of nitrogens with one attached hydrogen (secondary N) is 2. The number of rotatable bonds is 6. The third kappa shape index (κ3) is 4.25. The van der Waals surface area contributed by atoms with Crippen LogP contribution in [-0.4, -0.2) is 54.0 Å². The average molecular weight is 407 g/mol. The van der Waals surface area contributed by atoms with Crippen molar-refractivity contribution in [2.75, 3.05) is 20.2 Å². The van der Waals surface area contributed by atoms with E-state index >= 15 is 0 Å². The summed E-state index contributed by atoms with van der Waals surface area (Å²) >= 11 is 0. The summed E-state index contributed by atoms with van der Waals surface area (Å²) in [6.07, 6.45) is 2.01. The molecule has 0 bridgehead atoms. The van der Waals surface area contributed by atoms with E-state index in [9.17, 15) is 9.59 Å². The second-order valence-corrected chi connectivity index (χ2v) is 7.53. The van der Waals surface area contributed by atoms with Crippen LogP contribution in [0.15, 0.2) is 54.7 Å². The summed E-state index contributed by atoms with van der Waals surface area (Å²) < 4.78 is 11.7. The molecule has 2 atom stereocenters. The van der Waals surface area contributed by atoms with Gasteiger partial charge in [0.2, 0.25) is 11.8 Å². The minimum Gasteiger partial charge on any atom is -0.486 e. The van der Waals surface area contributed by atoms with Crippen LogP contribution in [0.1, 0.15) is 12.5 Å². The number of carbonyl (C=O) groups is 2. The van der Waals surface area contributed by atoms with Crippen molar-refractivity contribution < 1.29 is 19.1 Å². The van der Waals surface area contributed by atoms with Crippen LogP contribution in [-0.2, 0) is 16.0 Å². The van der Waals surface area contributed by atoms with Gasteiger partial charge < -0.3 is 24.7 Å². The SMILES string of the molecule is CC(=O)NC(Cc1c[nH]c2ccccc12)C(=O)N(C)CC1COc2ccccc2O1. The molecule has 2 N–H and O–H groups in total. The van der Waals surface area contributed by atoms with Gasteiger partial charge in [-0.2, -0.15) is 0 Å². The lowest BCUT2D eigenvalue weighted by atomic mass is 10.0. The Balaban J connectivity index is 1.45. The molecule has 2 unspecified atom stereocenters. The van der Waals surface area contributed by atoms with Gasteiger partial charge in [0.1, 0.15) is 12.6 Å². The van der Waals surface area contributed by atoms with Crippen molar-refractivity contribution in [1.29, 1.82) is 0 Å². The Kier molecular flexibility index (Phi) is 5.61. The van der Waals surface area contributed by atoms with Crippen LogP contribution in [0.4, 0.5) is 0 Å². The Morgan fingerprint density at radius 1 is 1.17 bits per heavy atom. The predicted octanol–water partition coefficient (Wildman–Crippen LogP) is 2.51.